The maximum absolute atomic E-state index is 13.6. The summed E-state index contributed by atoms with van der Waals surface area (Å²) < 4.78 is 23.4. The molecule has 0 aromatic heterocycles. The zero-order valence-corrected chi connectivity index (χ0v) is 11.8. The summed E-state index contributed by atoms with van der Waals surface area (Å²) in [6.45, 7) is 2.37. The first-order valence-electron chi connectivity index (χ1n) is 6.37. The lowest BCUT2D eigenvalue weighted by atomic mass is 10.2. The Kier molecular flexibility index (Phi) is 6.54. The van der Waals surface area contributed by atoms with Crippen LogP contribution in [0, 0.1) is 15.9 Å². The van der Waals surface area contributed by atoms with Crippen molar-refractivity contribution in [2.75, 3.05) is 20.3 Å². The van der Waals surface area contributed by atoms with Crippen LogP contribution in [0.25, 0.3) is 0 Å². The van der Waals surface area contributed by atoms with Gasteiger partial charge in [-0.1, -0.05) is 6.92 Å². The van der Waals surface area contributed by atoms with Gasteiger partial charge in [0.25, 0.3) is 5.69 Å². The molecule has 1 aromatic carbocycles. The van der Waals surface area contributed by atoms with E-state index in [0.29, 0.717) is 6.54 Å². The molecule has 0 saturated carbocycles. The molecule has 0 amide bonds. The van der Waals surface area contributed by atoms with Gasteiger partial charge in [-0.05, 0) is 19.0 Å². The zero-order chi connectivity index (χ0) is 15.8. The van der Waals surface area contributed by atoms with Crippen LogP contribution in [0.4, 0.5) is 10.1 Å². The van der Waals surface area contributed by atoms with Gasteiger partial charge in [-0.15, -0.1) is 0 Å². The summed E-state index contributed by atoms with van der Waals surface area (Å²) in [6, 6.07) is 2.32. The number of esters is 1. The predicted molar refractivity (Wildman–Crippen MR) is 72.6 cm³/mol. The number of rotatable bonds is 8. The fourth-order valence-electron chi connectivity index (χ4n) is 1.56. The van der Waals surface area contributed by atoms with Gasteiger partial charge in [0.2, 0.25) is 0 Å². The van der Waals surface area contributed by atoms with Crippen LogP contribution >= 0.6 is 0 Å². The van der Waals surface area contributed by atoms with Crippen molar-refractivity contribution in [2.45, 2.75) is 19.4 Å². The number of nitro benzene ring substituents is 1. The number of hydrogen-bond donors (Lipinski definition) is 1. The molecule has 0 radical (unpaired) electrons. The van der Waals surface area contributed by atoms with Crippen LogP contribution < -0.4 is 10.1 Å². The average Bonchev–Trinajstić information content (AvgIpc) is 2.47. The maximum Gasteiger partial charge on any atom is 0.326 e. The molecular formula is C13H17FN2O5. The van der Waals surface area contributed by atoms with Crippen molar-refractivity contribution in [1.29, 1.82) is 0 Å². The molecule has 0 saturated heterocycles. The van der Waals surface area contributed by atoms with Crippen LogP contribution in [0.2, 0.25) is 0 Å². The number of halogens is 1. The molecule has 1 unspecified atom stereocenters. The number of nitro groups is 1. The molecule has 0 spiro atoms. The molecule has 116 valence electrons. The van der Waals surface area contributed by atoms with Crippen molar-refractivity contribution >= 4 is 11.7 Å². The number of nitrogens with zero attached hydrogens (tertiary/aromatic N) is 1. The number of methoxy groups -OCH3 is 1. The molecule has 0 bridgehead atoms. The standard InChI is InChI=1S/C13H17FN2O5/c1-3-6-15-11(13(17)20-2)8-21-12-5-4-9(16(18)19)7-10(12)14/h4-5,7,11,15H,3,6,8H2,1-2H3. The number of ether oxygens (including phenoxy) is 2. The minimum Gasteiger partial charge on any atom is -0.488 e. The van der Waals surface area contributed by atoms with E-state index in [1.165, 1.54) is 7.11 Å². The zero-order valence-electron chi connectivity index (χ0n) is 11.8. The van der Waals surface area contributed by atoms with Gasteiger partial charge < -0.3 is 14.8 Å². The fourth-order valence-corrected chi connectivity index (χ4v) is 1.56. The van der Waals surface area contributed by atoms with Gasteiger partial charge in [0.15, 0.2) is 11.6 Å². The van der Waals surface area contributed by atoms with Gasteiger partial charge >= 0.3 is 5.97 Å². The Balaban J connectivity index is 2.71. The summed E-state index contributed by atoms with van der Waals surface area (Å²) in [5.41, 5.74) is -0.367. The second-order valence-corrected chi connectivity index (χ2v) is 4.21. The van der Waals surface area contributed by atoms with Gasteiger partial charge in [0.05, 0.1) is 18.1 Å². The summed E-state index contributed by atoms with van der Waals surface area (Å²) in [5.74, 6) is -1.54. The van der Waals surface area contributed by atoms with Gasteiger partial charge in [-0.3, -0.25) is 14.9 Å². The van der Waals surface area contributed by atoms with E-state index < -0.39 is 22.8 Å². The smallest absolute Gasteiger partial charge is 0.326 e. The lowest BCUT2D eigenvalue weighted by molar-refractivity contribution is -0.385. The van der Waals surface area contributed by atoms with Crippen LogP contribution in [0.3, 0.4) is 0 Å². The first-order valence-corrected chi connectivity index (χ1v) is 6.37. The van der Waals surface area contributed by atoms with Crippen molar-refractivity contribution in [3.63, 3.8) is 0 Å². The second kappa shape index (κ2) is 8.15. The molecule has 0 aliphatic heterocycles. The summed E-state index contributed by atoms with van der Waals surface area (Å²) in [4.78, 5) is 21.3. The Hall–Kier alpha value is -2.22. The highest BCUT2D eigenvalue weighted by atomic mass is 19.1. The molecule has 1 N–H and O–H groups in total. The Morgan fingerprint density at radius 1 is 1.52 bits per heavy atom. The molecule has 1 aromatic rings. The highest BCUT2D eigenvalue weighted by Crippen LogP contribution is 2.22. The average molecular weight is 300 g/mol. The molecule has 1 rings (SSSR count). The normalized spacial score (nSPS) is 11.8. The van der Waals surface area contributed by atoms with Crippen LogP contribution in [0.1, 0.15) is 13.3 Å². The van der Waals surface area contributed by atoms with Crippen LogP contribution in [-0.2, 0) is 9.53 Å². The van der Waals surface area contributed by atoms with Gasteiger partial charge in [-0.25, -0.2) is 4.39 Å². The van der Waals surface area contributed by atoms with Crippen molar-refractivity contribution in [3.05, 3.63) is 34.1 Å². The first-order chi connectivity index (χ1) is 9.99. The number of benzene rings is 1. The summed E-state index contributed by atoms with van der Waals surface area (Å²) in [7, 11) is 1.25. The van der Waals surface area contributed by atoms with Gasteiger partial charge in [0.1, 0.15) is 12.6 Å². The second-order valence-electron chi connectivity index (χ2n) is 4.21. The first kappa shape index (κ1) is 16.8. The Labute approximate surface area is 121 Å². The largest absolute Gasteiger partial charge is 0.488 e. The molecule has 0 heterocycles. The maximum atomic E-state index is 13.6. The fraction of sp³-hybridized carbons (Fsp3) is 0.462. The molecule has 0 aliphatic carbocycles. The van der Waals surface area contributed by atoms with E-state index in [1.807, 2.05) is 6.92 Å². The SMILES string of the molecule is CCCNC(COc1ccc([N+](=O)[O-])cc1F)C(=O)OC. The highest BCUT2D eigenvalue weighted by molar-refractivity contribution is 5.75. The van der Waals surface area contributed by atoms with Crippen molar-refractivity contribution in [3.8, 4) is 5.75 Å². The highest BCUT2D eigenvalue weighted by Gasteiger charge is 2.20. The lowest BCUT2D eigenvalue weighted by Gasteiger charge is -2.17. The van der Waals surface area contributed by atoms with Crippen molar-refractivity contribution < 1.29 is 23.6 Å². The summed E-state index contributed by atoms with van der Waals surface area (Å²) in [6.07, 6.45) is 0.805. The Morgan fingerprint density at radius 2 is 2.24 bits per heavy atom. The third-order valence-corrected chi connectivity index (χ3v) is 2.66. The number of carbonyl (C=O) groups excluding carboxylic acids is 1. The van der Waals surface area contributed by atoms with Crippen LogP contribution in [0.15, 0.2) is 18.2 Å². The monoisotopic (exact) mass is 300 g/mol. The van der Waals surface area contributed by atoms with E-state index in [9.17, 15) is 19.3 Å². The number of nitrogens with one attached hydrogen (secondary N) is 1. The summed E-state index contributed by atoms with van der Waals surface area (Å²) >= 11 is 0. The minimum absolute atomic E-state index is 0.137. The van der Waals surface area contributed by atoms with Crippen LogP contribution in [-0.4, -0.2) is 37.2 Å². The van der Waals surface area contributed by atoms with E-state index >= 15 is 0 Å². The molecule has 21 heavy (non-hydrogen) atoms. The number of non-ortho nitro benzene ring substituents is 1. The van der Waals surface area contributed by atoms with E-state index in [2.05, 4.69) is 10.1 Å². The lowest BCUT2D eigenvalue weighted by Crippen LogP contribution is -2.42. The molecule has 7 nitrogen and oxygen atoms in total. The Morgan fingerprint density at radius 3 is 2.76 bits per heavy atom. The van der Waals surface area contributed by atoms with E-state index in [4.69, 9.17) is 4.74 Å². The van der Waals surface area contributed by atoms with Crippen molar-refractivity contribution in [2.24, 2.45) is 0 Å². The van der Waals surface area contributed by atoms with Gasteiger partial charge in [0, 0.05) is 6.07 Å². The van der Waals surface area contributed by atoms with Crippen LogP contribution in [0.5, 0.6) is 5.75 Å². The molecule has 1 atom stereocenters. The van der Waals surface area contributed by atoms with Crippen molar-refractivity contribution in [1.82, 2.24) is 5.32 Å². The minimum atomic E-state index is -0.858. The quantitative estimate of drug-likeness (QED) is 0.446. The van der Waals surface area contributed by atoms with E-state index in [1.54, 1.807) is 0 Å². The van der Waals surface area contributed by atoms with E-state index in [0.717, 1.165) is 24.6 Å². The molecule has 0 fully saturated rings. The molecular weight excluding hydrogens is 283 g/mol. The topological polar surface area (TPSA) is 90.7 Å². The molecule has 8 heteroatoms. The predicted octanol–water partition coefficient (Wildman–Crippen LogP) is 1.65. The third-order valence-electron chi connectivity index (χ3n) is 2.66. The number of hydrogen-bond acceptors (Lipinski definition) is 6. The summed E-state index contributed by atoms with van der Waals surface area (Å²) in [5, 5.41) is 13.4. The molecule has 0 aliphatic rings. The number of carbonyl (C=O) groups is 1. The Bertz CT molecular complexity index is 509. The van der Waals surface area contributed by atoms with E-state index in [-0.39, 0.29) is 18.0 Å². The third kappa shape index (κ3) is 4.99. The van der Waals surface area contributed by atoms with Gasteiger partial charge in [-0.2, -0.15) is 0 Å².